The van der Waals surface area contributed by atoms with Crippen LogP contribution in [0.15, 0.2) is 48.5 Å². The predicted octanol–water partition coefficient (Wildman–Crippen LogP) is 4.91. The van der Waals surface area contributed by atoms with E-state index in [4.69, 9.17) is 33.4 Å². The van der Waals surface area contributed by atoms with Gasteiger partial charge < -0.3 is 10.2 Å². The molecule has 20 heavy (non-hydrogen) atoms. The Morgan fingerprint density at radius 2 is 1.75 bits per heavy atom. The molecule has 6 heteroatoms. The average molecular weight is 378 g/mol. The number of aromatic hydroxyl groups is 1. The summed E-state index contributed by atoms with van der Waals surface area (Å²) in [7, 11) is 0. The first kappa shape index (κ1) is 16.8. The summed E-state index contributed by atoms with van der Waals surface area (Å²) in [4.78, 5) is 9.82. The van der Waals surface area contributed by atoms with E-state index in [1.165, 1.54) is 6.07 Å². The SMILES string of the molecule is O=C(O)C(Br)c1ccccc1Cl.Oc1cccc(Cl)c1. The van der Waals surface area contributed by atoms with Crippen LogP contribution in [0, 0.1) is 0 Å². The smallest absolute Gasteiger partial charge is 0.321 e. The molecule has 0 amide bonds. The highest BCUT2D eigenvalue weighted by Gasteiger charge is 2.17. The van der Waals surface area contributed by atoms with Crippen LogP contribution in [-0.4, -0.2) is 16.2 Å². The summed E-state index contributed by atoms with van der Waals surface area (Å²) in [6, 6.07) is 13.3. The van der Waals surface area contributed by atoms with Crippen molar-refractivity contribution in [3.63, 3.8) is 0 Å². The summed E-state index contributed by atoms with van der Waals surface area (Å²) < 4.78 is 0. The van der Waals surface area contributed by atoms with Crippen molar-refractivity contribution in [1.29, 1.82) is 0 Å². The van der Waals surface area contributed by atoms with Gasteiger partial charge in [0.15, 0.2) is 0 Å². The number of halogens is 3. The van der Waals surface area contributed by atoms with Crippen LogP contribution in [0.5, 0.6) is 5.75 Å². The number of carboxylic acids is 1. The first-order valence-electron chi connectivity index (χ1n) is 5.47. The molecule has 1 atom stereocenters. The lowest BCUT2D eigenvalue weighted by Crippen LogP contribution is -2.04. The second-order valence-electron chi connectivity index (χ2n) is 3.70. The zero-order valence-corrected chi connectivity index (χ0v) is 13.2. The second kappa shape index (κ2) is 8.15. The summed E-state index contributed by atoms with van der Waals surface area (Å²) in [5.74, 6) is -0.736. The van der Waals surface area contributed by atoms with Gasteiger partial charge in [-0.1, -0.05) is 63.4 Å². The summed E-state index contributed by atoms with van der Waals surface area (Å²) >= 11 is 14.3. The van der Waals surface area contributed by atoms with Crippen molar-refractivity contribution >= 4 is 45.1 Å². The van der Waals surface area contributed by atoms with Gasteiger partial charge >= 0.3 is 5.97 Å². The van der Waals surface area contributed by atoms with Crippen molar-refractivity contribution < 1.29 is 15.0 Å². The topological polar surface area (TPSA) is 57.5 Å². The summed E-state index contributed by atoms with van der Waals surface area (Å²) in [6.07, 6.45) is 0. The van der Waals surface area contributed by atoms with E-state index in [1.54, 1.807) is 42.5 Å². The lowest BCUT2D eigenvalue weighted by Gasteiger charge is -2.05. The molecule has 0 heterocycles. The third kappa shape index (κ3) is 5.41. The molecule has 0 aromatic heterocycles. The Labute approximate surface area is 134 Å². The summed E-state index contributed by atoms with van der Waals surface area (Å²) in [5, 5.41) is 18.4. The van der Waals surface area contributed by atoms with E-state index in [0.29, 0.717) is 15.6 Å². The molecule has 2 aromatic rings. The second-order valence-corrected chi connectivity index (χ2v) is 5.46. The number of benzene rings is 2. The van der Waals surface area contributed by atoms with Gasteiger partial charge in [0, 0.05) is 10.0 Å². The van der Waals surface area contributed by atoms with E-state index in [1.807, 2.05) is 0 Å². The first-order chi connectivity index (χ1) is 9.41. The van der Waals surface area contributed by atoms with Gasteiger partial charge in [-0.2, -0.15) is 0 Å². The van der Waals surface area contributed by atoms with Crippen LogP contribution >= 0.6 is 39.1 Å². The number of rotatable bonds is 2. The number of hydrogen-bond donors (Lipinski definition) is 2. The Morgan fingerprint density at radius 1 is 1.10 bits per heavy atom. The minimum Gasteiger partial charge on any atom is -0.508 e. The molecule has 2 rings (SSSR count). The first-order valence-corrected chi connectivity index (χ1v) is 7.15. The molecule has 0 aliphatic heterocycles. The van der Waals surface area contributed by atoms with Gasteiger partial charge in [0.2, 0.25) is 0 Å². The zero-order chi connectivity index (χ0) is 15.1. The molecule has 0 spiro atoms. The number of phenols is 1. The third-order valence-electron chi connectivity index (χ3n) is 2.20. The van der Waals surface area contributed by atoms with Gasteiger partial charge in [0.1, 0.15) is 10.6 Å². The zero-order valence-electron chi connectivity index (χ0n) is 10.1. The van der Waals surface area contributed by atoms with E-state index >= 15 is 0 Å². The summed E-state index contributed by atoms with van der Waals surface area (Å²) in [5.41, 5.74) is 0.576. The molecule has 0 aliphatic carbocycles. The summed E-state index contributed by atoms with van der Waals surface area (Å²) in [6.45, 7) is 0. The fraction of sp³-hybridized carbons (Fsp3) is 0.0714. The van der Waals surface area contributed by atoms with Crippen LogP contribution in [0.25, 0.3) is 0 Å². The Hall–Kier alpha value is -1.23. The highest BCUT2D eigenvalue weighted by Crippen LogP contribution is 2.28. The number of phenolic OH excluding ortho intramolecular Hbond substituents is 1. The maximum Gasteiger partial charge on any atom is 0.321 e. The monoisotopic (exact) mass is 376 g/mol. The van der Waals surface area contributed by atoms with E-state index < -0.39 is 10.8 Å². The predicted molar refractivity (Wildman–Crippen MR) is 83.9 cm³/mol. The van der Waals surface area contributed by atoms with Crippen LogP contribution in [0.1, 0.15) is 10.4 Å². The molecule has 0 saturated carbocycles. The molecule has 0 radical (unpaired) electrons. The fourth-order valence-electron chi connectivity index (χ4n) is 1.29. The Bertz CT molecular complexity index is 573. The Morgan fingerprint density at radius 3 is 2.20 bits per heavy atom. The average Bonchev–Trinajstić information content (AvgIpc) is 2.39. The van der Waals surface area contributed by atoms with Gasteiger partial charge in [-0.3, -0.25) is 4.79 Å². The molecule has 0 fully saturated rings. The van der Waals surface area contributed by atoms with Crippen molar-refractivity contribution in [2.45, 2.75) is 4.83 Å². The van der Waals surface area contributed by atoms with E-state index in [9.17, 15) is 4.79 Å². The fourth-order valence-corrected chi connectivity index (χ4v) is 2.25. The lowest BCUT2D eigenvalue weighted by molar-refractivity contribution is -0.136. The number of aliphatic carboxylic acids is 1. The molecule has 1 unspecified atom stereocenters. The van der Waals surface area contributed by atoms with Crippen LogP contribution in [0.3, 0.4) is 0 Å². The highest BCUT2D eigenvalue weighted by molar-refractivity contribution is 9.09. The van der Waals surface area contributed by atoms with E-state index in [2.05, 4.69) is 15.9 Å². The third-order valence-corrected chi connectivity index (χ3v) is 3.67. The molecule has 2 aromatic carbocycles. The number of hydrogen-bond acceptors (Lipinski definition) is 2. The van der Waals surface area contributed by atoms with Crippen molar-refractivity contribution in [3.8, 4) is 5.75 Å². The molecular formula is C14H11BrCl2O3. The number of alkyl halides is 1. The molecule has 106 valence electrons. The van der Waals surface area contributed by atoms with Crippen molar-refractivity contribution in [1.82, 2.24) is 0 Å². The van der Waals surface area contributed by atoms with Crippen LogP contribution in [0.2, 0.25) is 10.0 Å². The standard InChI is InChI=1S/C8H6BrClO2.C6H5ClO/c9-7(8(11)12)5-3-1-2-4-6(5)10;7-5-2-1-3-6(8)4-5/h1-4,7H,(H,11,12);1-4,8H. The molecule has 0 bridgehead atoms. The van der Waals surface area contributed by atoms with Gasteiger partial charge in [-0.05, 0) is 29.8 Å². The minimum absolute atomic E-state index is 0.206. The van der Waals surface area contributed by atoms with Crippen LogP contribution in [-0.2, 0) is 4.79 Å². The molecule has 3 nitrogen and oxygen atoms in total. The van der Waals surface area contributed by atoms with Crippen molar-refractivity contribution in [2.24, 2.45) is 0 Å². The highest BCUT2D eigenvalue weighted by atomic mass is 79.9. The quantitative estimate of drug-likeness (QED) is 0.731. The normalized spacial score (nSPS) is 11.2. The van der Waals surface area contributed by atoms with Crippen LogP contribution < -0.4 is 0 Å². The van der Waals surface area contributed by atoms with Gasteiger partial charge in [-0.15, -0.1) is 0 Å². The van der Waals surface area contributed by atoms with Crippen molar-refractivity contribution in [3.05, 3.63) is 64.1 Å². The van der Waals surface area contributed by atoms with Crippen molar-refractivity contribution in [2.75, 3.05) is 0 Å². The maximum absolute atomic E-state index is 10.5. The van der Waals surface area contributed by atoms with Gasteiger partial charge in [0.05, 0.1) is 0 Å². The Kier molecular flexibility index (Phi) is 6.85. The van der Waals surface area contributed by atoms with Gasteiger partial charge in [0.25, 0.3) is 0 Å². The number of carbonyl (C=O) groups is 1. The number of carboxylic acid groups (broad SMARTS) is 1. The lowest BCUT2D eigenvalue weighted by atomic mass is 10.1. The molecule has 2 N–H and O–H groups in total. The maximum atomic E-state index is 10.5. The van der Waals surface area contributed by atoms with Crippen LogP contribution in [0.4, 0.5) is 0 Å². The van der Waals surface area contributed by atoms with E-state index in [-0.39, 0.29) is 5.75 Å². The van der Waals surface area contributed by atoms with Gasteiger partial charge in [-0.25, -0.2) is 0 Å². The molecule has 0 saturated heterocycles. The largest absolute Gasteiger partial charge is 0.508 e. The molecule has 0 aliphatic rings. The molecular weight excluding hydrogens is 367 g/mol. The van der Waals surface area contributed by atoms with E-state index in [0.717, 1.165) is 0 Å². The minimum atomic E-state index is -0.942. The Balaban J connectivity index is 0.000000217.